The Morgan fingerprint density at radius 2 is 1.83 bits per heavy atom. The molecule has 1 aromatic carbocycles. The van der Waals surface area contributed by atoms with Gasteiger partial charge in [-0.1, -0.05) is 25.1 Å². The Hall–Kier alpha value is -2.25. The number of rotatable bonds is 9. The van der Waals surface area contributed by atoms with E-state index in [-0.39, 0.29) is 11.6 Å². The number of ether oxygens (including phenoxy) is 1. The second kappa shape index (κ2) is 9.50. The predicted molar refractivity (Wildman–Crippen MR) is 115 cm³/mol. The zero-order valence-corrected chi connectivity index (χ0v) is 18.2. The first-order chi connectivity index (χ1) is 14.0. The lowest BCUT2D eigenvalue weighted by molar-refractivity contribution is 0.109. The van der Waals surface area contributed by atoms with Crippen LogP contribution in [0.1, 0.15) is 51.5 Å². The van der Waals surface area contributed by atoms with Crippen molar-refractivity contribution in [2.24, 2.45) is 0 Å². The Kier molecular flexibility index (Phi) is 7.03. The molecule has 1 aromatic heterocycles. The van der Waals surface area contributed by atoms with Crippen molar-refractivity contribution in [3.63, 3.8) is 0 Å². The molecule has 0 aliphatic carbocycles. The van der Waals surface area contributed by atoms with Crippen LogP contribution in [0.15, 0.2) is 36.9 Å². The zero-order chi connectivity index (χ0) is 20.9. The number of tetrazole rings is 1. The lowest BCUT2D eigenvalue weighted by Gasteiger charge is -2.39. The normalized spacial score (nSPS) is 17.2. The van der Waals surface area contributed by atoms with Crippen molar-refractivity contribution >= 4 is 0 Å². The molecule has 1 saturated heterocycles. The van der Waals surface area contributed by atoms with Gasteiger partial charge in [-0.15, -0.1) is 11.7 Å². The van der Waals surface area contributed by atoms with Crippen LogP contribution in [0.5, 0.6) is 5.75 Å². The lowest BCUT2D eigenvalue weighted by atomic mass is 9.99. The maximum Gasteiger partial charge on any atom is 0.173 e. The van der Waals surface area contributed by atoms with Crippen LogP contribution >= 0.6 is 0 Å². The van der Waals surface area contributed by atoms with Crippen LogP contribution in [0.4, 0.5) is 0 Å². The molecule has 0 bridgehead atoms. The van der Waals surface area contributed by atoms with Crippen LogP contribution in [-0.2, 0) is 5.54 Å². The molecule has 2 aromatic rings. The molecule has 2 heterocycles. The van der Waals surface area contributed by atoms with Crippen LogP contribution < -0.4 is 4.74 Å². The topological polar surface area (TPSA) is 59.3 Å². The summed E-state index contributed by atoms with van der Waals surface area (Å²) in [4.78, 5) is 4.92. The molecule has 158 valence electrons. The molecular weight excluding hydrogens is 364 g/mol. The van der Waals surface area contributed by atoms with Gasteiger partial charge in [0.25, 0.3) is 0 Å². The van der Waals surface area contributed by atoms with Gasteiger partial charge >= 0.3 is 0 Å². The van der Waals surface area contributed by atoms with E-state index in [4.69, 9.17) is 4.74 Å². The summed E-state index contributed by atoms with van der Waals surface area (Å²) in [5.41, 5.74) is 1.04. The van der Waals surface area contributed by atoms with Gasteiger partial charge in [-0.3, -0.25) is 9.80 Å². The van der Waals surface area contributed by atoms with E-state index in [1.54, 1.807) is 0 Å². The first-order valence-electron chi connectivity index (χ1n) is 10.6. The minimum Gasteiger partial charge on any atom is -0.494 e. The van der Waals surface area contributed by atoms with Crippen molar-refractivity contribution < 1.29 is 4.74 Å². The number of hydrogen-bond donors (Lipinski definition) is 0. The van der Waals surface area contributed by atoms with E-state index < -0.39 is 0 Å². The molecule has 1 atom stereocenters. The second-order valence-corrected chi connectivity index (χ2v) is 8.14. The quantitative estimate of drug-likeness (QED) is 0.605. The van der Waals surface area contributed by atoms with Crippen molar-refractivity contribution in [3.05, 3.63) is 48.3 Å². The highest BCUT2D eigenvalue weighted by molar-refractivity contribution is 5.32. The molecule has 0 unspecified atom stereocenters. The molecule has 0 spiro atoms. The standard InChI is InChI=1S/C22H34N6O/c1-6-13-26-14-16-27(17-15-26)20(18-9-11-19(12-10-18)29-8-3)21-23-24-25-28(21)22(4,5)7-2/h6,9-12,20H,1,7-8,13-17H2,2-5H3/t20-/m1/s1. The van der Waals surface area contributed by atoms with E-state index >= 15 is 0 Å². The maximum atomic E-state index is 5.64. The van der Waals surface area contributed by atoms with Crippen molar-refractivity contribution in [2.45, 2.75) is 45.7 Å². The first kappa shape index (κ1) is 21.5. The summed E-state index contributed by atoms with van der Waals surface area (Å²) in [6.45, 7) is 18.0. The molecule has 1 fully saturated rings. The molecule has 0 radical (unpaired) electrons. The average molecular weight is 399 g/mol. The highest BCUT2D eigenvalue weighted by Gasteiger charge is 2.33. The van der Waals surface area contributed by atoms with Gasteiger partial charge in [0.15, 0.2) is 5.82 Å². The Morgan fingerprint density at radius 3 is 2.41 bits per heavy atom. The smallest absolute Gasteiger partial charge is 0.173 e. The van der Waals surface area contributed by atoms with Crippen molar-refractivity contribution in [1.82, 2.24) is 30.0 Å². The maximum absolute atomic E-state index is 5.64. The third-order valence-electron chi connectivity index (χ3n) is 5.84. The molecule has 3 rings (SSSR count). The van der Waals surface area contributed by atoms with Gasteiger partial charge in [0.2, 0.25) is 0 Å². The minimum atomic E-state index is -0.146. The molecule has 1 aliphatic heterocycles. The van der Waals surface area contributed by atoms with Gasteiger partial charge in [0, 0.05) is 32.7 Å². The van der Waals surface area contributed by atoms with Crippen molar-refractivity contribution in [1.29, 1.82) is 0 Å². The molecule has 29 heavy (non-hydrogen) atoms. The molecule has 0 amide bonds. The van der Waals surface area contributed by atoms with E-state index in [1.165, 1.54) is 5.56 Å². The molecule has 0 N–H and O–H groups in total. The zero-order valence-electron chi connectivity index (χ0n) is 18.2. The van der Waals surface area contributed by atoms with Crippen LogP contribution in [0, 0.1) is 0 Å². The Labute approximate surface area is 174 Å². The summed E-state index contributed by atoms with van der Waals surface area (Å²) in [6, 6.07) is 8.38. The van der Waals surface area contributed by atoms with Crippen molar-refractivity contribution in [2.75, 3.05) is 39.3 Å². The van der Waals surface area contributed by atoms with E-state index in [1.807, 2.05) is 29.8 Å². The first-order valence-corrected chi connectivity index (χ1v) is 10.6. The fourth-order valence-corrected chi connectivity index (χ4v) is 3.77. The largest absolute Gasteiger partial charge is 0.494 e. The summed E-state index contributed by atoms with van der Waals surface area (Å²) in [5, 5.41) is 12.9. The highest BCUT2D eigenvalue weighted by atomic mass is 16.5. The Morgan fingerprint density at radius 1 is 1.14 bits per heavy atom. The monoisotopic (exact) mass is 398 g/mol. The van der Waals surface area contributed by atoms with Gasteiger partial charge in [-0.05, 0) is 55.3 Å². The van der Waals surface area contributed by atoms with E-state index in [9.17, 15) is 0 Å². The van der Waals surface area contributed by atoms with E-state index in [0.717, 1.165) is 50.7 Å². The number of benzene rings is 1. The fourth-order valence-electron chi connectivity index (χ4n) is 3.77. The molecule has 1 aliphatic rings. The van der Waals surface area contributed by atoms with E-state index in [2.05, 4.69) is 64.8 Å². The van der Waals surface area contributed by atoms with Gasteiger partial charge in [0.05, 0.1) is 18.2 Å². The summed E-state index contributed by atoms with van der Waals surface area (Å²) < 4.78 is 7.64. The number of hydrogen-bond acceptors (Lipinski definition) is 6. The summed E-state index contributed by atoms with van der Waals surface area (Å²) >= 11 is 0. The molecule has 0 saturated carbocycles. The number of nitrogens with zero attached hydrogens (tertiary/aromatic N) is 6. The summed E-state index contributed by atoms with van der Waals surface area (Å²) in [5.74, 6) is 1.79. The SMILES string of the molecule is C=CCN1CCN([C@H](c2ccc(OCC)cc2)c2nnnn2C(C)(C)CC)CC1. The molecular formula is C22H34N6O. The average Bonchev–Trinajstić information content (AvgIpc) is 3.21. The third-order valence-corrected chi connectivity index (χ3v) is 5.84. The van der Waals surface area contributed by atoms with E-state index in [0.29, 0.717) is 6.61 Å². The molecule has 7 nitrogen and oxygen atoms in total. The van der Waals surface area contributed by atoms with Crippen molar-refractivity contribution in [3.8, 4) is 5.75 Å². The minimum absolute atomic E-state index is 0.0115. The highest BCUT2D eigenvalue weighted by Crippen LogP contribution is 2.32. The van der Waals surface area contributed by atoms with Crippen LogP contribution in [0.3, 0.4) is 0 Å². The fraction of sp³-hybridized carbons (Fsp3) is 0.591. The summed E-state index contributed by atoms with van der Waals surface area (Å²) in [7, 11) is 0. The van der Waals surface area contributed by atoms with Crippen LogP contribution in [0.25, 0.3) is 0 Å². The lowest BCUT2D eigenvalue weighted by Crippen LogP contribution is -2.48. The Balaban J connectivity index is 1.95. The summed E-state index contributed by atoms with van der Waals surface area (Å²) in [6.07, 6.45) is 2.93. The van der Waals surface area contributed by atoms with Gasteiger partial charge in [-0.2, -0.15) is 0 Å². The third kappa shape index (κ3) is 4.85. The number of aromatic nitrogens is 4. The van der Waals surface area contributed by atoms with Crippen LogP contribution in [0.2, 0.25) is 0 Å². The molecule has 7 heteroatoms. The predicted octanol–water partition coefficient (Wildman–Crippen LogP) is 3.11. The van der Waals surface area contributed by atoms with Gasteiger partial charge in [-0.25, -0.2) is 4.68 Å². The number of piperazine rings is 1. The Bertz CT molecular complexity index is 777. The van der Waals surface area contributed by atoms with Crippen LogP contribution in [-0.4, -0.2) is 69.3 Å². The van der Waals surface area contributed by atoms with Gasteiger partial charge in [0.1, 0.15) is 5.75 Å². The second-order valence-electron chi connectivity index (χ2n) is 8.14. The van der Waals surface area contributed by atoms with Gasteiger partial charge < -0.3 is 4.74 Å².